The standard InChI is InChI=1S/C7H8BrN2P/c8-6-3-1-5(2-4-6)7(9)10-11/h1-4H,11H2,(H2,9,10). The summed E-state index contributed by atoms with van der Waals surface area (Å²) in [6.45, 7) is 0. The fraction of sp³-hybridized carbons (Fsp3) is 0. The first-order valence-electron chi connectivity index (χ1n) is 3.03. The molecule has 0 fully saturated rings. The minimum absolute atomic E-state index is 0.530. The molecule has 1 aromatic carbocycles. The van der Waals surface area contributed by atoms with Crippen LogP contribution in [0.2, 0.25) is 0 Å². The lowest BCUT2D eigenvalue weighted by Crippen LogP contribution is -2.11. The van der Waals surface area contributed by atoms with E-state index in [1.165, 1.54) is 0 Å². The van der Waals surface area contributed by atoms with Gasteiger partial charge in [0.1, 0.15) is 5.84 Å². The quantitative estimate of drug-likeness (QED) is 0.447. The lowest BCUT2D eigenvalue weighted by atomic mass is 10.2. The van der Waals surface area contributed by atoms with Crippen LogP contribution >= 0.6 is 25.3 Å². The molecule has 0 radical (unpaired) electrons. The Hall–Kier alpha value is -0.400. The lowest BCUT2D eigenvalue weighted by molar-refractivity contribution is 1.54. The minimum atomic E-state index is 0.530. The van der Waals surface area contributed by atoms with Gasteiger partial charge in [0, 0.05) is 10.0 Å². The van der Waals surface area contributed by atoms with Crippen molar-refractivity contribution < 1.29 is 0 Å². The Morgan fingerprint density at radius 1 is 1.36 bits per heavy atom. The smallest absolute Gasteiger partial charge is 0.128 e. The van der Waals surface area contributed by atoms with Gasteiger partial charge in [-0.3, -0.25) is 4.76 Å². The maximum absolute atomic E-state index is 5.56. The summed E-state index contributed by atoms with van der Waals surface area (Å²) in [6, 6.07) is 7.68. The molecule has 1 unspecified atom stereocenters. The Labute approximate surface area is 76.3 Å². The molecule has 1 aromatic rings. The molecule has 0 spiro atoms. The highest BCUT2D eigenvalue weighted by Gasteiger charge is 1.94. The van der Waals surface area contributed by atoms with Crippen LogP contribution in [0.25, 0.3) is 0 Å². The topological polar surface area (TPSA) is 38.4 Å². The molecule has 11 heavy (non-hydrogen) atoms. The number of benzene rings is 1. The van der Waals surface area contributed by atoms with E-state index in [9.17, 15) is 0 Å². The largest absolute Gasteiger partial charge is 0.383 e. The Bertz CT molecular complexity index is 268. The van der Waals surface area contributed by atoms with Crippen LogP contribution < -0.4 is 5.73 Å². The van der Waals surface area contributed by atoms with Crippen molar-refractivity contribution in [3.05, 3.63) is 34.3 Å². The average molecular weight is 231 g/mol. The van der Waals surface area contributed by atoms with Crippen LogP contribution in [0.4, 0.5) is 0 Å². The van der Waals surface area contributed by atoms with E-state index in [1.807, 2.05) is 24.3 Å². The molecule has 0 aliphatic carbocycles. The number of hydrogen-bond acceptors (Lipinski definition) is 1. The predicted molar refractivity (Wildman–Crippen MR) is 54.6 cm³/mol. The van der Waals surface area contributed by atoms with E-state index in [1.54, 1.807) is 0 Å². The molecule has 1 atom stereocenters. The molecular weight excluding hydrogens is 223 g/mol. The minimum Gasteiger partial charge on any atom is -0.383 e. The lowest BCUT2D eigenvalue weighted by Gasteiger charge is -1.97. The molecule has 2 nitrogen and oxygen atoms in total. The first kappa shape index (κ1) is 8.69. The van der Waals surface area contributed by atoms with E-state index >= 15 is 0 Å². The van der Waals surface area contributed by atoms with Gasteiger partial charge in [0.05, 0.1) is 0 Å². The van der Waals surface area contributed by atoms with Crippen molar-refractivity contribution in [2.75, 3.05) is 0 Å². The maximum atomic E-state index is 5.56. The number of halogens is 1. The summed E-state index contributed by atoms with van der Waals surface area (Å²) in [5, 5.41) is 0. The third kappa shape index (κ3) is 2.28. The van der Waals surface area contributed by atoms with E-state index in [0.717, 1.165) is 10.0 Å². The van der Waals surface area contributed by atoms with Crippen LogP contribution in [0.1, 0.15) is 5.56 Å². The fourth-order valence-electron chi connectivity index (χ4n) is 0.695. The molecule has 58 valence electrons. The van der Waals surface area contributed by atoms with Crippen LogP contribution in [-0.2, 0) is 0 Å². The molecule has 1 rings (SSSR count). The molecule has 2 N–H and O–H groups in total. The van der Waals surface area contributed by atoms with Gasteiger partial charge in [-0.15, -0.1) is 0 Å². The van der Waals surface area contributed by atoms with E-state index in [0.29, 0.717) is 5.84 Å². The first-order chi connectivity index (χ1) is 5.24. The summed E-state index contributed by atoms with van der Waals surface area (Å²) in [5.74, 6) is 0.530. The van der Waals surface area contributed by atoms with Crippen molar-refractivity contribution in [3.63, 3.8) is 0 Å². The Balaban J connectivity index is 2.99. The maximum Gasteiger partial charge on any atom is 0.128 e. The highest BCUT2D eigenvalue weighted by Crippen LogP contribution is 2.10. The van der Waals surface area contributed by atoms with Crippen molar-refractivity contribution in [3.8, 4) is 0 Å². The van der Waals surface area contributed by atoms with Crippen LogP contribution in [0.3, 0.4) is 0 Å². The van der Waals surface area contributed by atoms with E-state index in [2.05, 4.69) is 30.1 Å². The normalized spacial score (nSPS) is 11.6. The summed E-state index contributed by atoms with van der Waals surface area (Å²) >= 11 is 3.33. The molecule has 0 saturated heterocycles. The second-order valence-electron chi connectivity index (χ2n) is 2.02. The number of nitrogens with two attached hydrogens (primary N) is 1. The molecule has 0 aromatic heterocycles. The van der Waals surface area contributed by atoms with Gasteiger partial charge in [0.25, 0.3) is 0 Å². The van der Waals surface area contributed by atoms with Gasteiger partial charge < -0.3 is 5.73 Å². The number of amidine groups is 1. The van der Waals surface area contributed by atoms with Crippen molar-refractivity contribution >= 4 is 31.2 Å². The third-order valence-corrected chi connectivity index (χ3v) is 2.09. The van der Waals surface area contributed by atoms with Crippen LogP contribution in [0, 0.1) is 0 Å². The summed E-state index contributed by atoms with van der Waals surface area (Å²) in [5.41, 5.74) is 6.49. The molecule has 0 bridgehead atoms. The number of nitrogens with zero attached hydrogens (tertiary/aromatic N) is 1. The van der Waals surface area contributed by atoms with Crippen molar-refractivity contribution in [1.29, 1.82) is 0 Å². The second kappa shape index (κ2) is 3.84. The van der Waals surface area contributed by atoms with Gasteiger partial charge in [-0.2, -0.15) is 0 Å². The summed E-state index contributed by atoms with van der Waals surface area (Å²) in [7, 11) is 2.23. The molecule has 0 aliphatic heterocycles. The highest BCUT2D eigenvalue weighted by atomic mass is 79.9. The molecule has 0 heterocycles. The third-order valence-electron chi connectivity index (χ3n) is 1.28. The van der Waals surface area contributed by atoms with Crippen molar-refractivity contribution in [1.82, 2.24) is 0 Å². The van der Waals surface area contributed by atoms with Crippen molar-refractivity contribution in [2.24, 2.45) is 10.5 Å². The summed E-state index contributed by atoms with van der Waals surface area (Å²) in [4.78, 5) is 0. The van der Waals surface area contributed by atoms with Crippen LogP contribution in [0.5, 0.6) is 0 Å². The molecule has 4 heteroatoms. The first-order valence-corrected chi connectivity index (χ1v) is 4.34. The van der Waals surface area contributed by atoms with Gasteiger partial charge in [0.15, 0.2) is 0 Å². The zero-order valence-corrected chi connectivity index (χ0v) is 8.53. The van der Waals surface area contributed by atoms with Crippen molar-refractivity contribution in [2.45, 2.75) is 0 Å². The Kier molecular flexibility index (Phi) is 3.03. The monoisotopic (exact) mass is 230 g/mol. The SMILES string of the molecule is N/C(=N/P)c1ccc(Br)cc1. The van der Waals surface area contributed by atoms with E-state index in [4.69, 9.17) is 5.73 Å². The van der Waals surface area contributed by atoms with E-state index < -0.39 is 0 Å². The summed E-state index contributed by atoms with van der Waals surface area (Å²) < 4.78 is 4.82. The zero-order valence-electron chi connectivity index (χ0n) is 5.79. The van der Waals surface area contributed by atoms with E-state index in [-0.39, 0.29) is 0 Å². The Morgan fingerprint density at radius 2 is 1.91 bits per heavy atom. The van der Waals surface area contributed by atoms with Crippen LogP contribution in [0.15, 0.2) is 33.5 Å². The number of hydrogen-bond donors (Lipinski definition) is 1. The molecule has 0 aliphatic rings. The summed E-state index contributed by atoms with van der Waals surface area (Å²) in [6.07, 6.45) is 0. The molecule has 0 amide bonds. The highest BCUT2D eigenvalue weighted by molar-refractivity contribution is 9.10. The van der Waals surface area contributed by atoms with Gasteiger partial charge in [0.2, 0.25) is 0 Å². The fourth-order valence-corrected chi connectivity index (χ4v) is 1.11. The Morgan fingerprint density at radius 3 is 2.36 bits per heavy atom. The van der Waals surface area contributed by atoms with Crippen LogP contribution in [-0.4, -0.2) is 5.84 Å². The van der Waals surface area contributed by atoms with Gasteiger partial charge in [-0.25, -0.2) is 0 Å². The van der Waals surface area contributed by atoms with Gasteiger partial charge in [-0.1, -0.05) is 28.1 Å². The average Bonchev–Trinajstić information content (AvgIpc) is 2.05. The number of rotatable bonds is 1. The van der Waals surface area contributed by atoms with Gasteiger partial charge in [-0.05, 0) is 21.5 Å². The van der Waals surface area contributed by atoms with Gasteiger partial charge >= 0.3 is 0 Å². The zero-order chi connectivity index (χ0) is 8.27. The molecular formula is C7H8BrN2P. The predicted octanol–water partition coefficient (Wildman–Crippen LogP) is 1.94. The second-order valence-corrected chi connectivity index (χ2v) is 3.20. The molecule has 0 saturated carbocycles.